The van der Waals surface area contributed by atoms with E-state index in [4.69, 9.17) is 0 Å². The third kappa shape index (κ3) is 4.57. The lowest BCUT2D eigenvalue weighted by Gasteiger charge is -2.55. The first-order valence-electron chi connectivity index (χ1n) is 13.5. The van der Waals surface area contributed by atoms with Crippen LogP contribution in [0.25, 0.3) is 0 Å². The zero-order chi connectivity index (χ0) is 24.0. The highest BCUT2D eigenvalue weighted by Crippen LogP contribution is 2.60. The van der Waals surface area contributed by atoms with Crippen molar-refractivity contribution in [3.05, 3.63) is 59.7 Å². The molecule has 4 bridgehead atoms. The zero-order valence-electron chi connectivity index (χ0n) is 20.8. The van der Waals surface area contributed by atoms with Gasteiger partial charge in [-0.05, 0) is 93.0 Å². The summed E-state index contributed by atoms with van der Waals surface area (Å²) in [5, 5.41) is 3.27. The third-order valence-electron chi connectivity index (χ3n) is 9.08. The average Bonchev–Trinajstić information content (AvgIpc) is 2.84. The van der Waals surface area contributed by atoms with E-state index < -0.39 is 0 Å². The maximum Gasteiger partial charge on any atom is 0.230 e. The van der Waals surface area contributed by atoms with Gasteiger partial charge in [0.15, 0.2) is 0 Å². The Hall–Kier alpha value is -2.82. The lowest BCUT2D eigenvalue weighted by molar-refractivity contribution is -0.140. The molecule has 2 amide bonds. The molecule has 5 nitrogen and oxygen atoms in total. The van der Waals surface area contributed by atoms with E-state index in [1.807, 2.05) is 29.2 Å². The van der Waals surface area contributed by atoms with Crippen molar-refractivity contribution >= 4 is 23.2 Å². The number of nitrogens with one attached hydrogen (secondary N) is 1. The Balaban J connectivity index is 1.03. The van der Waals surface area contributed by atoms with Gasteiger partial charge in [0, 0.05) is 37.6 Å². The molecule has 0 atom stereocenters. The van der Waals surface area contributed by atoms with Crippen molar-refractivity contribution < 1.29 is 9.59 Å². The number of hydrogen-bond acceptors (Lipinski definition) is 3. The Morgan fingerprint density at radius 3 is 2.11 bits per heavy atom. The van der Waals surface area contributed by atoms with E-state index in [2.05, 4.69) is 41.4 Å². The molecule has 5 aliphatic rings. The number of anilines is 2. The first-order chi connectivity index (χ1) is 17.0. The molecule has 4 saturated carbocycles. The molecule has 184 valence electrons. The molecule has 0 unspecified atom stereocenters. The van der Waals surface area contributed by atoms with Gasteiger partial charge in [0.05, 0.1) is 11.8 Å². The summed E-state index contributed by atoms with van der Waals surface area (Å²) in [6.07, 6.45) is 7.81. The van der Waals surface area contributed by atoms with Crippen molar-refractivity contribution in [3.8, 4) is 0 Å². The number of aryl methyl sites for hydroxylation is 1. The van der Waals surface area contributed by atoms with Crippen LogP contribution in [-0.4, -0.2) is 42.9 Å². The van der Waals surface area contributed by atoms with E-state index in [0.29, 0.717) is 6.42 Å². The monoisotopic (exact) mass is 471 g/mol. The van der Waals surface area contributed by atoms with Crippen LogP contribution in [0.5, 0.6) is 0 Å². The maximum absolute atomic E-state index is 13.3. The van der Waals surface area contributed by atoms with Crippen molar-refractivity contribution in [2.24, 2.45) is 23.2 Å². The van der Waals surface area contributed by atoms with Crippen LogP contribution in [0.3, 0.4) is 0 Å². The van der Waals surface area contributed by atoms with Crippen LogP contribution in [0, 0.1) is 30.1 Å². The molecule has 0 aromatic heterocycles. The van der Waals surface area contributed by atoms with Gasteiger partial charge >= 0.3 is 0 Å². The van der Waals surface area contributed by atoms with Crippen LogP contribution in [0.1, 0.15) is 49.7 Å². The number of carbonyl (C=O) groups excluding carboxylic acids is 2. The van der Waals surface area contributed by atoms with E-state index in [0.717, 1.165) is 80.1 Å². The van der Waals surface area contributed by atoms with Gasteiger partial charge in [0.2, 0.25) is 11.8 Å². The van der Waals surface area contributed by atoms with E-state index in [-0.39, 0.29) is 17.2 Å². The molecule has 2 aromatic rings. The van der Waals surface area contributed by atoms with Crippen LogP contribution in [0.2, 0.25) is 0 Å². The molecule has 5 fully saturated rings. The fourth-order valence-electron chi connectivity index (χ4n) is 7.73. The highest BCUT2D eigenvalue weighted by atomic mass is 16.2. The minimum atomic E-state index is -0.116. The topological polar surface area (TPSA) is 52.7 Å². The molecular formula is C30H37N3O2. The molecule has 1 aliphatic heterocycles. The number of amides is 2. The van der Waals surface area contributed by atoms with Crippen molar-refractivity contribution in [1.82, 2.24) is 4.90 Å². The fourth-order valence-corrected chi connectivity index (χ4v) is 7.73. The smallest absolute Gasteiger partial charge is 0.230 e. The molecule has 0 spiro atoms. The summed E-state index contributed by atoms with van der Waals surface area (Å²) in [5.41, 5.74) is 4.22. The largest absolute Gasteiger partial charge is 0.368 e. The highest BCUT2D eigenvalue weighted by Gasteiger charge is 2.54. The zero-order valence-corrected chi connectivity index (χ0v) is 20.8. The van der Waals surface area contributed by atoms with Crippen molar-refractivity contribution in [2.75, 3.05) is 36.4 Å². The Labute approximate surface area is 208 Å². The number of piperazine rings is 1. The Morgan fingerprint density at radius 1 is 0.886 bits per heavy atom. The summed E-state index contributed by atoms with van der Waals surface area (Å²) in [7, 11) is 0. The highest BCUT2D eigenvalue weighted by molar-refractivity contribution is 5.95. The minimum Gasteiger partial charge on any atom is -0.368 e. The van der Waals surface area contributed by atoms with Crippen molar-refractivity contribution in [3.63, 3.8) is 0 Å². The van der Waals surface area contributed by atoms with Crippen LogP contribution >= 0.6 is 0 Å². The molecule has 5 heteroatoms. The van der Waals surface area contributed by atoms with Gasteiger partial charge in [-0.15, -0.1) is 0 Å². The Kier molecular flexibility index (Phi) is 5.82. The molecule has 1 N–H and O–H groups in total. The molecule has 35 heavy (non-hydrogen) atoms. The Bertz CT molecular complexity index is 1070. The summed E-state index contributed by atoms with van der Waals surface area (Å²) in [4.78, 5) is 30.4. The van der Waals surface area contributed by atoms with Crippen molar-refractivity contribution in [2.45, 2.75) is 51.9 Å². The second-order valence-electron chi connectivity index (χ2n) is 11.7. The van der Waals surface area contributed by atoms with Gasteiger partial charge in [-0.1, -0.05) is 29.8 Å². The van der Waals surface area contributed by atoms with E-state index in [1.54, 1.807) is 0 Å². The normalized spacial score (nSPS) is 29.3. The Morgan fingerprint density at radius 2 is 1.51 bits per heavy atom. The molecule has 4 aliphatic carbocycles. The molecule has 7 rings (SSSR count). The molecule has 2 aromatic carbocycles. The maximum atomic E-state index is 13.3. The summed E-state index contributed by atoms with van der Waals surface area (Å²) in [6.45, 7) is 5.22. The standard InChI is InChI=1S/C30H37N3O2/c1-21-3-2-4-22(13-21)17-28(34)33-11-9-32(10-12-33)27-7-5-26(6-8-27)31-29(35)30-18-23-14-24(19-30)16-25(15-23)20-30/h2-8,13,23-25H,9-12,14-20H2,1H3,(H,31,35). The first-order valence-corrected chi connectivity index (χ1v) is 13.5. The quantitative estimate of drug-likeness (QED) is 0.665. The van der Waals surface area contributed by atoms with Gasteiger partial charge in [-0.3, -0.25) is 9.59 Å². The van der Waals surface area contributed by atoms with Gasteiger partial charge in [0.25, 0.3) is 0 Å². The number of rotatable bonds is 5. The van der Waals surface area contributed by atoms with Gasteiger partial charge in [-0.25, -0.2) is 0 Å². The minimum absolute atomic E-state index is 0.116. The molecule has 1 heterocycles. The van der Waals surface area contributed by atoms with Gasteiger partial charge in [0.1, 0.15) is 0 Å². The molecule has 1 saturated heterocycles. The van der Waals surface area contributed by atoms with Gasteiger partial charge in [-0.2, -0.15) is 0 Å². The summed E-state index contributed by atoms with van der Waals surface area (Å²) >= 11 is 0. The van der Waals surface area contributed by atoms with E-state index in [9.17, 15) is 9.59 Å². The van der Waals surface area contributed by atoms with Crippen LogP contribution in [0.15, 0.2) is 48.5 Å². The van der Waals surface area contributed by atoms with Gasteiger partial charge < -0.3 is 15.1 Å². The van der Waals surface area contributed by atoms with E-state index >= 15 is 0 Å². The van der Waals surface area contributed by atoms with Crippen molar-refractivity contribution in [1.29, 1.82) is 0 Å². The SMILES string of the molecule is Cc1cccc(CC(=O)N2CCN(c3ccc(NC(=O)C45CC6CC(CC(C6)C4)C5)cc3)CC2)c1. The number of benzene rings is 2. The van der Waals surface area contributed by atoms with Crippen LogP contribution < -0.4 is 10.2 Å². The second kappa shape index (κ2) is 9.00. The summed E-state index contributed by atoms with van der Waals surface area (Å²) in [6, 6.07) is 16.5. The fraction of sp³-hybridized carbons (Fsp3) is 0.533. The lowest BCUT2D eigenvalue weighted by atomic mass is 9.49. The summed E-state index contributed by atoms with van der Waals surface area (Å²) < 4.78 is 0. The average molecular weight is 472 g/mol. The third-order valence-corrected chi connectivity index (χ3v) is 9.08. The molecule has 0 radical (unpaired) electrons. The second-order valence-corrected chi connectivity index (χ2v) is 11.7. The van der Waals surface area contributed by atoms with Crippen LogP contribution in [-0.2, 0) is 16.0 Å². The number of hydrogen-bond donors (Lipinski definition) is 1. The number of carbonyl (C=O) groups is 2. The predicted octanol–water partition coefficient (Wildman–Crippen LogP) is 5.04. The predicted molar refractivity (Wildman–Crippen MR) is 139 cm³/mol. The molecular weight excluding hydrogens is 434 g/mol. The first kappa shape index (κ1) is 22.6. The van der Waals surface area contributed by atoms with Crippen LogP contribution in [0.4, 0.5) is 11.4 Å². The van der Waals surface area contributed by atoms with E-state index in [1.165, 1.54) is 24.8 Å². The summed E-state index contributed by atoms with van der Waals surface area (Å²) in [5.74, 6) is 2.79. The number of nitrogens with zero attached hydrogens (tertiary/aromatic N) is 2. The lowest BCUT2D eigenvalue weighted by Crippen LogP contribution is -2.51.